The largest absolute Gasteiger partial charge is 0.481 e. The molecule has 2 atom stereocenters. The number of carboxylic acids is 1. The van der Waals surface area contributed by atoms with Crippen LogP contribution in [0.25, 0.3) is 0 Å². The second kappa shape index (κ2) is 7.33. The molecule has 0 aliphatic carbocycles. The Kier molecular flexibility index (Phi) is 5.43. The normalized spacial score (nSPS) is 17.7. The number of fused-ring (bicyclic) bond motifs is 1. The zero-order chi connectivity index (χ0) is 17.9. The summed E-state index contributed by atoms with van der Waals surface area (Å²) in [7, 11) is 1.57. The molecule has 2 rings (SSSR count). The lowest BCUT2D eigenvalue weighted by atomic mass is 10.1. The van der Waals surface area contributed by atoms with Gasteiger partial charge in [0.05, 0.1) is 11.6 Å². The molecule has 0 spiro atoms. The number of hydrogen-bond donors (Lipinski definition) is 1. The number of amides is 2. The maximum absolute atomic E-state index is 12.3. The fourth-order valence-corrected chi connectivity index (χ4v) is 2.58. The molecule has 1 aromatic carbocycles. The van der Waals surface area contributed by atoms with Gasteiger partial charge in [0.25, 0.3) is 5.91 Å². The van der Waals surface area contributed by atoms with Crippen LogP contribution in [0.5, 0.6) is 5.75 Å². The predicted molar refractivity (Wildman–Crippen MR) is 87.9 cm³/mol. The fourth-order valence-electron chi connectivity index (χ4n) is 2.58. The van der Waals surface area contributed by atoms with Gasteiger partial charge in [0, 0.05) is 26.6 Å². The quantitative estimate of drug-likeness (QED) is 0.849. The summed E-state index contributed by atoms with van der Waals surface area (Å²) in [4.78, 5) is 38.4. The Morgan fingerprint density at radius 3 is 2.71 bits per heavy atom. The Morgan fingerprint density at radius 2 is 2.04 bits per heavy atom. The van der Waals surface area contributed by atoms with Gasteiger partial charge in [-0.2, -0.15) is 0 Å². The van der Waals surface area contributed by atoms with Crippen LogP contribution in [0.3, 0.4) is 0 Å². The highest BCUT2D eigenvalue weighted by atomic mass is 16.5. The number of aliphatic carboxylic acids is 1. The minimum atomic E-state index is -0.944. The van der Waals surface area contributed by atoms with Crippen molar-refractivity contribution < 1.29 is 24.2 Å². The van der Waals surface area contributed by atoms with Gasteiger partial charge in [-0.05, 0) is 19.1 Å². The third-order valence-electron chi connectivity index (χ3n) is 4.02. The van der Waals surface area contributed by atoms with Crippen LogP contribution in [0.4, 0.5) is 5.69 Å². The zero-order valence-corrected chi connectivity index (χ0v) is 14.1. The molecule has 1 aliphatic heterocycles. The van der Waals surface area contributed by atoms with Gasteiger partial charge in [0.1, 0.15) is 5.75 Å². The van der Waals surface area contributed by atoms with Crippen molar-refractivity contribution in [3.63, 3.8) is 0 Å². The highest BCUT2D eigenvalue weighted by Gasteiger charge is 2.31. The molecular formula is C17H22N2O5. The minimum Gasteiger partial charge on any atom is -0.481 e. The topological polar surface area (TPSA) is 87.2 Å². The number of carbonyl (C=O) groups excluding carboxylic acids is 2. The molecule has 1 N–H and O–H groups in total. The lowest BCUT2D eigenvalue weighted by Gasteiger charge is -2.33. The van der Waals surface area contributed by atoms with Crippen LogP contribution < -0.4 is 9.64 Å². The fraction of sp³-hybridized carbons (Fsp3) is 0.471. The number of anilines is 1. The third-order valence-corrected chi connectivity index (χ3v) is 4.02. The van der Waals surface area contributed by atoms with Crippen LogP contribution in [0, 0.1) is 5.92 Å². The van der Waals surface area contributed by atoms with Gasteiger partial charge in [-0.1, -0.05) is 19.1 Å². The number of carbonyl (C=O) groups is 3. The van der Waals surface area contributed by atoms with Crippen molar-refractivity contribution in [1.82, 2.24) is 4.90 Å². The molecule has 7 heteroatoms. The number of hydrogen-bond acceptors (Lipinski definition) is 4. The first-order valence-corrected chi connectivity index (χ1v) is 7.85. The first-order chi connectivity index (χ1) is 11.3. The number of carboxylic acid groups (broad SMARTS) is 1. The van der Waals surface area contributed by atoms with Gasteiger partial charge in [-0.25, -0.2) is 0 Å². The summed E-state index contributed by atoms with van der Waals surface area (Å²) >= 11 is 0. The summed E-state index contributed by atoms with van der Waals surface area (Å²) in [6.07, 6.45) is -0.477. The van der Waals surface area contributed by atoms with Crippen molar-refractivity contribution in [3.05, 3.63) is 24.3 Å². The standard InChI is InChI=1S/C17H22N2O5/c1-11(17(22)23)10-18(3)15(20)8-9-19-13-6-4-5-7-14(13)24-12(2)16(19)21/h4-7,11-12H,8-10H2,1-3H3,(H,22,23). The Balaban J connectivity index is 2.01. The Bertz CT molecular complexity index is 646. The summed E-state index contributed by atoms with van der Waals surface area (Å²) < 4.78 is 5.56. The number of nitrogens with zero attached hydrogens (tertiary/aromatic N) is 2. The van der Waals surface area contributed by atoms with Crippen LogP contribution in [0.1, 0.15) is 20.3 Å². The van der Waals surface area contributed by atoms with E-state index in [4.69, 9.17) is 9.84 Å². The Hall–Kier alpha value is -2.57. The lowest BCUT2D eigenvalue weighted by molar-refractivity contribution is -0.142. The van der Waals surface area contributed by atoms with E-state index in [1.807, 2.05) is 6.07 Å². The van der Waals surface area contributed by atoms with Gasteiger partial charge in [-0.15, -0.1) is 0 Å². The first-order valence-electron chi connectivity index (χ1n) is 7.85. The number of para-hydroxylation sites is 2. The number of benzene rings is 1. The van der Waals surface area contributed by atoms with E-state index in [2.05, 4.69) is 0 Å². The van der Waals surface area contributed by atoms with Crippen LogP contribution >= 0.6 is 0 Å². The number of rotatable bonds is 6. The molecule has 1 heterocycles. The van der Waals surface area contributed by atoms with Crippen LogP contribution in [0.15, 0.2) is 24.3 Å². The average Bonchev–Trinajstić information content (AvgIpc) is 2.54. The van der Waals surface area contributed by atoms with E-state index in [0.717, 1.165) is 0 Å². The highest BCUT2D eigenvalue weighted by Crippen LogP contribution is 2.33. The zero-order valence-electron chi connectivity index (χ0n) is 14.1. The Labute approximate surface area is 140 Å². The second-order valence-corrected chi connectivity index (χ2v) is 5.98. The monoisotopic (exact) mass is 334 g/mol. The molecule has 24 heavy (non-hydrogen) atoms. The molecule has 1 aromatic rings. The van der Waals surface area contributed by atoms with Gasteiger partial charge < -0.3 is 19.6 Å². The highest BCUT2D eigenvalue weighted by molar-refractivity contribution is 6.00. The van der Waals surface area contributed by atoms with Crippen LogP contribution in [0.2, 0.25) is 0 Å². The van der Waals surface area contributed by atoms with E-state index >= 15 is 0 Å². The van der Waals surface area contributed by atoms with E-state index in [0.29, 0.717) is 11.4 Å². The van der Waals surface area contributed by atoms with Crippen molar-refractivity contribution in [2.75, 3.05) is 25.0 Å². The summed E-state index contributed by atoms with van der Waals surface area (Å²) in [5, 5.41) is 8.91. The van der Waals surface area contributed by atoms with E-state index in [1.54, 1.807) is 44.0 Å². The molecule has 7 nitrogen and oxygen atoms in total. The predicted octanol–water partition coefficient (Wildman–Crippen LogP) is 1.37. The van der Waals surface area contributed by atoms with Crippen molar-refractivity contribution >= 4 is 23.5 Å². The molecule has 0 saturated heterocycles. The molecule has 1 aliphatic rings. The molecule has 2 amide bonds. The van der Waals surface area contributed by atoms with Crippen molar-refractivity contribution in [1.29, 1.82) is 0 Å². The summed E-state index contributed by atoms with van der Waals surface area (Å²) in [5.41, 5.74) is 0.648. The van der Waals surface area contributed by atoms with Crippen LogP contribution in [-0.2, 0) is 14.4 Å². The summed E-state index contributed by atoms with van der Waals surface area (Å²) in [5.74, 6) is -1.36. The molecule has 0 aromatic heterocycles. The van der Waals surface area contributed by atoms with Crippen LogP contribution in [-0.4, -0.2) is 54.0 Å². The van der Waals surface area contributed by atoms with E-state index in [1.165, 1.54) is 4.90 Å². The minimum absolute atomic E-state index is 0.121. The summed E-state index contributed by atoms with van der Waals surface area (Å²) in [6, 6.07) is 7.19. The SMILES string of the molecule is CC(CN(C)C(=O)CCN1C(=O)C(C)Oc2ccccc21)C(=O)O. The summed E-state index contributed by atoms with van der Waals surface area (Å²) in [6.45, 7) is 3.59. The molecule has 0 bridgehead atoms. The molecular weight excluding hydrogens is 312 g/mol. The molecule has 0 saturated carbocycles. The maximum atomic E-state index is 12.3. The van der Waals surface area contributed by atoms with Gasteiger partial charge in [0.2, 0.25) is 5.91 Å². The van der Waals surface area contributed by atoms with Gasteiger partial charge in [-0.3, -0.25) is 14.4 Å². The molecule has 0 radical (unpaired) electrons. The first kappa shape index (κ1) is 17.8. The molecule has 0 fully saturated rings. The molecule has 130 valence electrons. The van der Waals surface area contributed by atoms with Crippen molar-refractivity contribution in [3.8, 4) is 5.75 Å². The number of ether oxygens (including phenoxy) is 1. The average molecular weight is 334 g/mol. The smallest absolute Gasteiger partial charge is 0.308 e. The van der Waals surface area contributed by atoms with E-state index in [-0.39, 0.29) is 31.3 Å². The van der Waals surface area contributed by atoms with Gasteiger partial charge in [0.15, 0.2) is 6.10 Å². The third kappa shape index (κ3) is 3.84. The van der Waals surface area contributed by atoms with Crippen molar-refractivity contribution in [2.24, 2.45) is 5.92 Å². The maximum Gasteiger partial charge on any atom is 0.308 e. The second-order valence-electron chi connectivity index (χ2n) is 5.98. The molecule has 2 unspecified atom stereocenters. The Morgan fingerprint density at radius 1 is 1.38 bits per heavy atom. The van der Waals surface area contributed by atoms with E-state index in [9.17, 15) is 14.4 Å². The van der Waals surface area contributed by atoms with E-state index < -0.39 is 18.0 Å². The lowest BCUT2D eigenvalue weighted by Crippen LogP contribution is -2.46. The van der Waals surface area contributed by atoms with Gasteiger partial charge >= 0.3 is 5.97 Å². The van der Waals surface area contributed by atoms with Crippen molar-refractivity contribution in [2.45, 2.75) is 26.4 Å².